The molecule has 0 bridgehead atoms. The van der Waals surface area contributed by atoms with Crippen LogP contribution in [0.15, 0.2) is 24.3 Å². The van der Waals surface area contributed by atoms with Gasteiger partial charge in [-0.05, 0) is 20.2 Å². The number of benzene rings is 1. The third kappa shape index (κ3) is 2.89. The number of rotatable bonds is 4. The van der Waals surface area contributed by atoms with Gasteiger partial charge in [0.05, 0.1) is 12.5 Å². The first-order chi connectivity index (χ1) is 6.65. The van der Waals surface area contributed by atoms with E-state index in [4.69, 9.17) is 16.3 Å². The molecule has 0 N–H and O–H groups in total. The van der Waals surface area contributed by atoms with Gasteiger partial charge in [-0.25, -0.2) is 0 Å². The Kier molecular flexibility index (Phi) is 4.23. The predicted molar refractivity (Wildman–Crippen MR) is 60.1 cm³/mol. The lowest BCUT2D eigenvalue weighted by atomic mass is 10.1. The van der Waals surface area contributed by atoms with Crippen molar-refractivity contribution in [2.45, 2.75) is 5.38 Å². The van der Waals surface area contributed by atoms with Gasteiger partial charge in [-0.3, -0.25) is 0 Å². The van der Waals surface area contributed by atoms with Gasteiger partial charge in [-0.15, -0.1) is 11.6 Å². The van der Waals surface area contributed by atoms with Crippen molar-refractivity contribution in [2.75, 3.05) is 27.7 Å². The number of halogens is 1. The summed E-state index contributed by atoms with van der Waals surface area (Å²) in [7, 11) is 5.67. The molecule has 2 nitrogen and oxygen atoms in total. The lowest BCUT2D eigenvalue weighted by Gasteiger charge is -2.17. The fraction of sp³-hybridized carbons (Fsp3) is 0.455. The molecule has 1 aromatic carbocycles. The van der Waals surface area contributed by atoms with Crippen molar-refractivity contribution in [1.82, 2.24) is 4.90 Å². The average Bonchev–Trinajstić information content (AvgIpc) is 2.16. The number of hydrogen-bond donors (Lipinski definition) is 0. The van der Waals surface area contributed by atoms with Gasteiger partial charge >= 0.3 is 0 Å². The molecule has 0 heterocycles. The summed E-state index contributed by atoms with van der Waals surface area (Å²) in [4.78, 5) is 2.06. The molecule has 1 aromatic rings. The third-order valence-corrected chi connectivity index (χ3v) is 2.37. The highest BCUT2D eigenvalue weighted by Crippen LogP contribution is 2.29. The van der Waals surface area contributed by atoms with Crippen LogP contribution >= 0.6 is 11.6 Å². The summed E-state index contributed by atoms with van der Waals surface area (Å²) < 4.78 is 5.25. The number of alkyl halides is 1. The Balaban J connectivity index is 2.82. The molecule has 0 spiro atoms. The van der Waals surface area contributed by atoms with Crippen LogP contribution in [0.4, 0.5) is 0 Å². The van der Waals surface area contributed by atoms with Crippen LogP contribution in [0.5, 0.6) is 5.75 Å². The quantitative estimate of drug-likeness (QED) is 0.713. The maximum absolute atomic E-state index is 6.26. The summed E-state index contributed by atoms with van der Waals surface area (Å²) in [5.41, 5.74) is 1.05. The minimum atomic E-state index is -0.0267. The fourth-order valence-electron chi connectivity index (χ4n) is 1.34. The minimum Gasteiger partial charge on any atom is -0.496 e. The van der Waals surface area contributed by atoms with Crippen LogP contribution in [0.3, 0.4) is 0 Å². The summed E-state index contributed by atoms with van der Waals surface area (Å²) in [5, 5.41) is -0.0267. The van der Waals surface area contributed by atoms with Gasteiger partial charge in [0, 0.05) is 12.1 Å². The standard InChI is InChI=1S/C11H16ClNO/c1-13(2)8-10(12)9-6-4-5-7-11(9)14-3/h4-7,10H,8H2,1-3H3. The molecule has 78 valence electrons. The molecule has 1 unspecified atom stereocenters. The topological polar surface area (TPSA) is 12.5 Å². The van der Waals surface area contributed by atoms with Gasteiger partial charge in [-0.2, -0.15) is 0 Å². The molecule has 3 heteroatoms. The largest absolute Gasteiger partial charge is 0.496 e. The second kappa shape index (κ2) is 5.23. The van der Waals surface area contributed by atoms with Crippen molar-refractivity contribution in [1.29, 1.82) is 0 Å². The van der Waals surface area contributed by atoms with Crippen molar-refractivity contribution in [3.63, 3.8) is 0 Å². The van der Waals surface area contributed by atoms with E-state index < -0.39 is 0 Å². The number of methoxy groups -OCH3 is 1. The van der Waals surface area contributed by atoms with Gasteiger partial charge in [0.2, 0.25) is 0 Å². The Morgan fingerprint density at radius 1 is 1.36 bits per heavy atom. The normalized spacial score (nSPS) is 12.9. The second-order valence-electron chi connectivity index (χ2n) is 3.47. The molecule has 0 aromatic heterocycles. The molecule has 0 aliphatic rings. The van der Waals surface area contributed by atoms with Gasteiger partial charge in [0.1, 0.15) is 5.75 Å². The molecular weight excluding hydrogens is 198 g/mol. The van der Waals surface area contributed by atoms with Crippen LogP contribution in [-0.2, 0) is 0 Å². The Morgan fingerprint density at radius 2 is 2.00 bits per heavy atom. The SMILES string of the molecule is COc1ccccc1C(Cl)CN(C)C. The average molecular weight is 214 g/mol. The Labute approximate surface area is 90.4 Å². The molecular formula is C11H16ClNO. The molecule has 0 aliphatic carbocycles. The first-order valence-electron chi connectivity index (χ1n) is 4.57. The third-order valence-electron chi connectivity index (χ3n) is 2.00. The van der Waals surface area contributed by atoms with E-state index in [2.05, 4.69) is 4.90 Å². The summed E-state index contributed by atoms with van der Waals surface area (Å²) in [6.07, 6.45) is 0. The van der Waals surface area contributed by atoms with Crippen molar-refractivity contribution in [2.24, 2.45) is 0 Å². The Bertz CT molecular complexity index is 288. The second-order valence-corrected chi connectivity index (χ2v) is 4.00. The molecule has 1 rings (SSSR count). The van der Waals surface area contributed by atoms with Crippen molar-refractivity contribution >= 4 is 11.6 Å². The number of likely N-dealkylation sites (N-methyl/N-ethyl adjacent to an activating group) is 1. The van der Waals surface area contributed by atoms with Crippen LogP contribution in [-0.4, -0.2) is 32.6 Å². The van der Waals surface area contributed by atoms with Crippen molar-refractivity contribution < 1.29 is 4.74 Å². The molecule has 0 fully saturated rings. The first kappa shape index (κ1) is 11.3. The van der Waals surface area contributed by atoms with Crippen LogP contribution in [0, 0.1) is 0 Å². The summed E-state index contributed by atoms with van der Waals surface area (Å²) >= 11 is 6.26. The highest BCUT2D eigenvalue weighted by Gasteiger charge is 2.13. The first-order valence-corrected chi connectivity index (χ1v) is 5.00. The smallest absolute Gasteiger partial charge is 0.123 e. The number of nitrogens with zero attached hydrogens (tertiary/aromatic N) is 1. The van der Waals surface area contributed by atoms with E-state index in [1.165, 1.54) is 0 Å². The van der Waals surface area contributed by atoms with E-state index in [1.54, 1.807) is 7.11 Å². The van der Waals surface area contributed by atoms with Gasteiger partial charge < -0.3 is 9.64 Å². The van der Waals surface area contributed by atoms with Gasteiger partial charge in [-0.1, -0.05) is 18.2 Å². The van der Waals surface area contributed by atoms with Crippen LogP contribution in [0.25, 0.3) is 0 Å². The lowest BCUT2D eigenvalue weighted by molar-refractivity contribution is 0.388. The van der Waals surface area contributed by atoms with Crippen molar-refractivity contribution in [3.05, 3.63) is 29.8 Å². The maximum atomic E-state index is 6.26. The van der Waals surface area contributed by atoms with E-state index in [-0.39, 0.29) is 5.38 Å². The van der Waals surface area contributed by atoms with Gasteiger partial charge in [0.25, 0.3) is 0 Å². The summed E-state index contributed by atoms with van der Waals surface area (Å²) in [5.74, 6) is 0.856. The van der Waals surface area contributed by atoms with E-state index in [0.29, 0.717) is 0 Å². The van der Waals surface area contributed by atoms with E-state index in [1.807, 2.05) is 38.4 Å². The Hall–Kier alpha value is -0.730. The lowest BCUT2D eigenvalue weighted by Crippen LogP contribution is -2.17. The Morgan fingerprint density at radius 3 is 2.57 bits per heavy atom. The number of ether oxygens (including phenoxy) is 1. The highest BCUT2D eigenvalue weighted by atomic mass is 35.5. The molecule has 14 heavy (non-hydrogen) atoms. The zero-order chi connectivity index (χ0) is 10.6. The number of para-hydroxylation sites is 1. The molecule has 0 radical (unpaired) electrons. The summed E-state index contributed by atoms with van der Waals surface area (Å²) in [6.45, 7) is 0.807. The zero-order valence-electron chi connectivity index (χ0n) is 8.83. The fourth-order valence-corrected chi connectivity index (χ4v) is 1.80. The molecule has 0 saturated carbocycles. The molecule has 0 aliphatic heterocycles. The maximum Gasteiger partial charge on any atom is 0.123 e. The van der Waals surface area contributed by atoms with Crippen LogP contribution < -0.4 is 4.74 Å². The highest BCUT2D eigenvalue weighted by molar-refractivity contribution is 6.21. The predicted octanol–water partition coefficient (Wildman–Crippen LogP) is 2.54. The van der Waals surface area contributed by atoms with Crippen LogP contribution in [0.2, 0.25) is 0 Å². The number of hydrogen-bond acceptors (Lipinski definition) is 2. The zero-order valence-corrected chi connectivity index (χ0v) is 9.58. The van der Waals surface area contributed by atoms with Crippen LogP contribution in [0.1, 0.15) is 10.9 Å². The van der Waals surface area contributed by atoms with E-state index in [9.17, 15) is 0 Å². The minimum absolute atomic E-state index is 0.0267. The van der Waals surface area contributed by atoms with E-state index in [0.717, 1.165) is 17.9 Å². The van der Waals surface area contributed by atoms with E-state index >= 15 is 0 Å². The monoisotopic (exact) mass is 213 g/mol. The van der Waals surface area contributed by atoms with Gasteiger partial charge in [0.15, 0.2) is 0 Å². The molecule has 0 saturated heterocycles. The summed E-state index contributed by atoms with van der Waals surface area (Å²) in [6, 6.07) is 7.85. The molecule has 1 atom stereocenters. The van der Waals surface area contributed by atoms with Crippen molar-refractivity contribution in [3.8, 4) is 5.75 Å². The molecule has 0 amide bonds.